The number of aromatic nitrogens is 1. The molecule has 5 nitrogen and oxygen atoms in total. The predicted octanol–water partition coefficient (Wildman–Crippen LogP) is 2.40. The molecule has 0 aliphatic heterocycles. The molecular formula is C14H23N3O2. The zero-order valence-corrected chi connectivity index (χ0v) is 12.0. The Labute approximate surface area is 114 Å². The Balaban J connectivity index is 1.84. The number of rotatable bonds is 5. The van der Waals surface area contributed by atoms with Crippen molar-refractivity contribution in [2.45, 2.75) is 59.0 Å². The molecule has 0 aromatic carbocycles. The Hall–Kier alpha value is -1.52. The standard InChI is InChI=1S/C14H23N3O2/c1-4-12-11(13(5-2)19-17-12)8-15-14(18)16-10-6-9(3)7-10/h9-10H,4-8H2,1-3H3,(H2,15,16,18). The molecule has 19 heavy (non-hydrogen) atoms. The van der Waals surface area contributed by atoms with Crippen molar-refractivity contribution in [3.8, 4) is 0 Å². The lowest BCUT2D eigenvalue weighted by Crippen LogP contribution is -2.47. The van der Waals surface area contributed by atoms with Gasteiger partial charge in [0.15, 0.2) is 0 Å². The van der Waals surface area contributed by atoms with Crippen LogP contribution in [0.15, 0.2) is 4.52 Å². The van der Waals surface area contributed by atoms with E-state index in [1.54, 1.807) is 0 Å². The van der Waals surface area contributed by atoms with E-state index in [1.807, 2.05) is 13.8 Å². The first-order valence-electron chi connectivity index (χ1n) is 7.14. The quantitative estimate of drug-likeness (QED) is 0.859. The van der Waals surface area contributed by atoms with Crippen molar-refractivity contribution in [1.82, 2.24) is 15.8 Å². The number of hydrogen-bond acceptors (Lipinski definition) is 3. The van der Waals surface area contributed by atoms with Crippen molar-refractivity contribution in [2.24, 2.45) is 5.92 Å². The predicted molar refractivity (Wildman–Crippen MR) is 72.8 cm³/mol. The van der Waals surface area contributed by atoms with Crippen LogP contribution in [0.3, 0.4) is 0 Å². The van der Waals surface area contributed by atoms with Gasteiger partial charge in [-0.05, 0) is 25.2 Å². The second-order valence-electron chi connectivity index (χ2n) is 5.34. The number of amides is 2. The van der Waals surface area contributed by atoms with Gasteiger partial charge in [-0.1, -0.05) is 25.9 Å². The molecule has 1 aromatic heterocycles. The molecule has 0 saturated heterocycles. The lowest BCUT2D eigenvalue weighted by molar-refractivity contribution is 0.210. The number of aryl methyl sites for hydroxylation is 2. The molecule has 0 radical (unpaired) electrons. The van der Waals surface area contributed by atoms with E-state index in [1.165, 1.54) is 0 Å². The van der Waals surface area contributed by atoms with Crippen LogP contribution in [0.4, 0.5) is 4.79 Å². The fourth-order valence-electron chi connectivity index (χ4n) is 2.56. The molecule has 2 amide bonds. The molecule has 1 heterocycles. The van der Waals surface area contributed by atoms with E-state index in [2.05, 4.69) is 22.7 Å². The maximum atomic E-state index is 11.8. The largest absolute Gasteiger partial charge is 0.361 e. The Morgan fingerprint density at radius 1 is 1.37 bits per heavy atom. The fourth-order valence-corrected chi connectivity index (χ4v) is 2.56. The Morgan fingerprint density at radius 2 is 2.11 bits per heavy atom. The molecule has 0 unspecified atom stereocenters. The van der Waals surface area contributed by atoms with Gasteiger partial charge in [-0.15, -0.1) is 0 Å². The first kappa shape index (κ1) is 13.9. The summed E-state index contributed by atoms with van der Waals surface area (Å²) in [6.07, 6.45) is 3.79. The topological polar surface area (TPSA) is 67.2 Å². The molecule has 5 heteroatoms. The summed E-state index contributed by atoms with van der Waals surface area (Å²) >= 11 is 0. The van der Waals surface area contributed by atoms with Gasteiger partial charge >= 0.3 is 6.03 Å². The molecule has 0 bridgehead atoms. The van der Waals surface area contributed by atoms with Crippen molar-refractivity contribution in [1.29, 1.82) is 0 Å². The van der Waals surface area contributed by atoms with Gasteiger partial charge in [0.2, 0.25) is 0 Å². The van der Waals surface area contributed by atoms with Crippen LogP contribution in [0.1, 0.15) is 50.6 Å². The lowest BCUT2D eigenvalue weighted by Gasteiger charge is -2.33. The normalized spacial score (nSPS) is 21.8. The summed E-state index contributed by atoms with van der Waals surface area (Å²) in [5.41, 5.74) is 1.97. The summed E-state index contributed by atoms with van der Waals surface area (Å²) in [5, 5.41) is 9.92. The molecule has 1 fully saturated rings. The van der Waals surface area contributed by atoms with E-state index < -0.39 is 0 Å². The van der Waals surface area contributed by atoms with Gasteiger partial charge in [0.1, 0.15) is 5.76 Å². The maximum Gasteiger partial charge on any atom is 0.315 e. The van der Waals surface area contributed by atoms with E-state index >= 15 is 0 Å². The van der Waals surface area contributed by atoms with Crippen LogP contribution in [0.2, 0.25) is 0 Å². The maximum absolute atomic E-state index is 11.8. The second-order valence-corrected chi connectivity index (χ2v) is 5.34. The Kier molecular flexibility index (Phi) is 4.45. The van der Waals surface area contributed by atoms with Gasteiger partial charge in [0.05, 0.1) is 5.69 Å². The Morgan fingerprint density at radius 3 is 2.68 bits per heavy atom. The van der Waals surface area contributed by atoms with Crippen LogP contribution < -0.4 is 10.6 Å². The van der Waals surface area contributed by atoms with Crippen LogP contribution in [0, 0.1) is 5.92 Å². The minimum absolute atomic E-state index is 0.0952. The van der Waals surface area contributed by atoms with Crippen LogP contribution in [-0.4, -0.2) is 17.2 Å². The summed E-state index contributed by atoms with van der Waals surface area (Å²) in [6, 6.07) is 0.246. The monoisotopic (exact) mass is 265 g/mol. The van der Waals surface area contributed by atoms with E-state index in [-0.39, 0.29) is 6.03 Å². The number of carbonyl (C=O) groups excluding carboxylic acids is 1. The first-order chi connectivity index (χ1) is 9.13. The lowest BCUT2D eigenvalue weighted by atomic mass is 9.82. The molecule has 1 aliphatic rings. The van der Waals surface area contributed by atoms with Gasteiger partial charge < -0.3 is 15.2 Å². The summed E-state index contributed by atoms with van der Waals surface area (Å²) in [5.74, 6) is 1.61. The van der Waals surface area contributed by atoms with Crippen molar-refractivity contribution < 1.29 is 9.32 Å². The van der Waals surface area contributed by atoms with Crippen molar-refractivity contribution >= 4 is 6.03 Å². The third-order valence-corrected chi connectivity index (χ3v) is 3.74. The number of hydrogen-bond donors (Lipinski definition) is 2. The first-order valence-corrected chi connectivity index (χ1v) is 7.14. The minimum atomic E-state index is -0.0952. The zero-order valence-electron chi connectivity index (χ0n) is 12.0. The van der Waals surface area contributed by atoms with Gasteiger partial charge in [-0.3, -0.25) is 0 Å². The minimum Gasteiger partial charge on any atom is -0.361 e. The highest BCUT2D eigenvalue weighted by atomic mass is 16.5. The number of nitrogens with zero attached hydrogens (tertiary/aromatic N) is 1. The van der Waals surface area contributed by atoms with E-state index in [0.29, 0.717) is 12.6 Å². The van der Waals surface area contributed by atoms with Crippen molar-refractivity contribution in [2.75, 3.05) is 0 Å². The molecular weight excluding hydrogens is 242 g/mol. The van der Waals surface area contributed by atoms with Crippen LogP contribution in [0.5, 0.6) is 0 Å². The molecule has 2 N–H and O–H groups in total. The van der Waals surface area contributed by atoms with Gasteiger partial charge in [-0.25, -0.2) is 4.79 Å². The molecule has 1 saturated carbocycles. The average molecular weight is 265 g/mol. The molecule has 1 aliphatic carbocycles. The smallest absolute Gasteiger partial charge is 0.315 e. The van der Waals surface area contributed by atoms with Gasteiger partial charge in [0, 0.05) is 24.6 Å². The van der Waals surface area contributed by atoms with Crippen molar-refractivity contribution in [3.05, 3.63) is 17.0 Å². The Bertz CT molecular complexity index is 414. The zero-order chi connectivity index (χ0) is 13.8. The molecule has 0 spiro atoms. The summed E-state index contributed by atoms with van der Waals surface area (Å²) < 4.78 is 5.27. The highest BCUT2D eigenvalue weighted by Gasteiger charge is 2.26. The third-order valence-electron chi connectivity index (χ3n) is 3.74. The summed E-state index contributed by atoms with van der Waals surface area (Å²) in [4.78, 5) is 11.8. The van der Waals surface area contributed by atoms with Gasteiger partial charge in [0.25, 0.3) is 0 Å². The van der Waals surface area contributed by atoms with Crippen LogP contribution in [-0.2, 0) is 19.4 Å². The van der Waals surface area contributed by atoms with Crippen LogP contribution >= 0.6 is 0 Å². The SMILES string of the molecule is CCc1noc(CC)c1CNC(=O)NC1CC(C)C1. The number of carbonyl (C=O) groups is 1. The number of nitrogens with one attached hydrogen (secondary N) is 2. The molecule has 1 aromatic rings. The fraction of sp³-hybridized carbons (Fsp3) is 0.714. The highest BCUT2D eigenvalue weighted by molar-refractivity contribution is 5.74. The molecule has 2 rings (SSSR count). The molecule has 0 atom stereocenters. The second kappa shape index (κ2) is 6.08. The van der Waals surface area contributed by atoms with E-state index in [9.17, 15) is 4.79 Å². The van der Waals surface area contributed by atoms with Crippen LogP contribution in [0.25, 0.3) is 0 Å². The average Bonchev–Trinajstić information content (AvgIpc) is 2.76. The highest BCUT2D eigenvalue weighted by Crippen LogP contribution is 2.26. The van der Waals surface area contributed by atoms with Gasteiger partial charge in [-0.2, -0.15) is 0 Å². The molecule has 106 valence electrons. The summed E-state index contributed by atoms with van der Waals surface area (Å²) in [7, 11) is 0. The van der Waals surface area contributed by atoms with Crippen molar-refractivity contribution in [3.63, 3.8) is 0 Å². The summed E-state index contributed by atoms with van der Waals surface area (Å²) in [6.45, 7) is 6.76. The van der Waals surface area contributed by atoms with E-state index in [0.717, 1.165) is 48.6 Å². The number of urea groups is 1. The third kappa shape index (κ3) is 3.28. The van der Waals surface area contributed by atoms with E-state index in [4.69, 9.17) is 4.52 Å².